The molecule has 0 spiro atoms. The lowest BCUT2D eigenvalue weighted by Crippen LogP contribution is -2.57. The zero-order valence-electron chi connectivity index (χ0n) is 15.9. The van der Waals surface area contributed by atoms with Crippen LogP contribution < -0.4 is 4.90 Å². The van der Waals surface area contributed by atoms with Gasteiger partial charge in [0.2, 0.25) is 5.91 Å². The van der Waals surface area contributed by atoms with Gasteiger partial charge in [-0.05, 0) is 80.0 Å². The number of piperazine rings is 1. The second-order valence-corrected chi connectivity index (χ2v) is 9.71. The third kappa shape index (κ3) is 3.24. The molecule has 4 saturated carbocycles. The third-order valence-corrected chi connectivity index (χ3v) is 7.50. The van der Waals surface area contributed by atoms with Crippen LogP contribution in [0.2, 0.25) is 0 Å². The minimum absolute atomic E-state index is 0.0456. The Balaban J connectivity index is 1.21. The molecule has 27 heavy (non-hydrogen) atoms. The molecule has 1 amide bonds. The first kappa shape index (κ1) is 17.5. The van der Waals surface area contributed by atoms with E-state index in [0.717, 1.165) is 64.0 Å². The number of aliphatic hydroxyl groups is 1. The summed E-state index contributed by atoms with van der Waals surface area (Å²) in [5, 5.41) is 10.9. The molecule has 146 valence electrons. The zero-order chi connectivity index (χ0) is 18.6. The molecular weight excluding hydrogens is 343 g/mol. The summed E-state index contributed by atoms with van der Waals surface area (Å²) in [6.45, 7) is 3.03. The molecule has 4 aliphatic carbocycles. The Morgan fingerprint density at radius 2 is 1.67 bits per heavy atom. The Morgan fingerprint density at radius 1 is 1.04 bits per heavy atom. The van der Waals surface area contributed by atoms with Crippen LogP contribution in [0.4, 0.5) is 10.1 Å². The summed E-state index contributed by atoms with van der Waals surface area (Å²) >= 11 is 0. The van der Waals surface area contributed by atoms with Crippen LogP contribution in [-0.4, -0.2) is 47.7 Å². The highest BCUT2D eigenvalue weighted by Gasteiger charge is 2.57. The number of anilines is 1. The van der Waals surface area contributed by atoms with E-state index in [1.54, 1.807) is 0 Å². The molecule has 4 bridgehead atoms. The normalized spacial score (nSPS) is 37.7. The van der Waals surface area contributed by atoms with E-state index in [2.05, 4.69) is 4.90 Å². The SMILES string of the molecule is O=C(CC12C[C@@H]3C[C@@H](CC(O)(C3)C1)C2)N1CCN(c2ccc(F)cc2)CC1. The lowest BCUT2D eigenvalue weighted by atomic mass is 9.47. The minimum atomic E-state index is -0.494. The monoisotopic (exact) mass is 372 g/mol. The number of benzene rings is 1. The van der Waals surface area contributed by atoms with Gasteiger partial charge >= 0.3 is 0 Å². The summed E-state index contributed by atoms with van der Waals surface area (Å²) in [7, 11) is 0. The van der Waals surface area contributed by atoms with Crippen molar-refractivity contribution in [2.24, 2.45) is 17.3 Å². The van der Waals surface area contributed by atoms with Gasteiger partial charge in [0.25, 0.3) is 0 Å². The van der Waals surface area contributed by atoms with Crippen LogP contribution in [0.1, 0.15) is 44.9 Å². The van der Waals surface area contributed by atoms with Crippen LogP contribution in [-0.2, 0) is 4.79 Å². The van der Waals surface area contributed by atoms with E-state index < -0.39 is 5.60 Å². The van der Waals surface area contributed by atoms with Gasteiger partial charge in [-0.2, -0.15) is 0 Å². The van der Waals surface area contributed by atoms with Crippen molar-refractivity contribution in [2.45, 2.75) is 50.5 Å². The predicted molar refractivity (Wildman–Crippen MR) is 102 cm³/mol. The van der Waals surface area contributed by atoms with Gasteiger partial charge in [-0.15, -0.1) is 0 Å². The van der Waals surface area contributed by atoms with Gasteiger partial charge in [0.15, 0.2) is 0 Å². The number of rotatable bonds is 3. The van der Waals surface area contributed by atoms with E-state index in [-0.39, 0.29) is 17.1 Å². The Labute approximate surface area is 160 Å². The molecule has 4 nitrogen and oxygen atoms in total. The van der Waals surface area contributed by atoms with Crippen molar-refractivity contribution in [3.63, 3.8) is 0 Å². The van der Waals surface area contributed by atoms with Crippen molar-refractivity contribution in [3.8, 4) is 0 Å². The maximum atomic E-state index is 13.1. The van der Waals surface area contributed by atoms with Crippen molar-refractivity contribution in [2.75, 3.05) is 31.1 Å². The van der Waals surface area contributed by atoms with Crippen LogP contribution in [0.15, 0.2) is 24.3 Å². The van der Waals surface area contributed by atoms with Crippen LogP contribution >= 0.6 is 0 Å². The first-order valence-corrected chi connectivity index (χ1v) is 10.4. The summed E-state index contributed by atoms with van der Waals surface area (Å²) in [6, 6.07) is 6.60. The number of hydrogen-bond donors (Lipinski definition) is 1. The number of halogens is 1. The minimum Gasteiger partial charge on any atom is -0.390 e. The second kappa shape index (κ2) is 6.20. The van der Waals surface area contributed by atoms with Crippen molar-refractivity contribution in [1.82, 2.24) is 4.90 Å². The molecule has 5 aliphatic rings. The average molecular weight is 372 g/mol. The van der Waals surface area contributed by atoms with Crippen molar-refractivity contribution >= 4 is 11.6 Å². The van der Waals surface area contributed by atoms with Crippen LogP contribution in [0.25, 0.3) is 0 Å². The fraction of sp³-hybridized carbons (Fsp3) is 0.682. The van der Waals surface area contributed by atoms with Crippen molar-refractivity contribution in [3.05, 3.63) is 30.1 Å². The highest BCUT2D eigenvalue weighted by atomic mass is 19.1. The van der Waals surface area contributed by atoms with Crippen LogP contribution in [0.3, 0.4) is 0 Å². The Hall–Kier alpha value is -1.62. The van der Waals surface area contributed by atoms with Gasteiger partial charge in [-0.1, -0.05) is 0 Å². The molecule has 1 aliphatic heterocycles. The van der Waals surface area contributed by atoms with Crippen LogP contribution in [0.5, 0.6) is 0 Å². The topological polar surface area (TPSA) is 43.8 Å². The van der Waals surface area contributed by atoms with E-state index in [1.165, 1.54) is 18.6 Å². The third-order valence-electron chi connectivity index (χ3n) is 7.50. The lowest BCUT2D eigenvalue weighted by molar-refractivity contribution is -0.172. The maximum absolute atomic E-state index is 13.1. The summed E-state index contributed by atoms with van der Waals surface area (Å²) in [5.41, 5.74) is 0.571. The number of amides is 1. The van der Waals surface area contributed by atoms with Crippen LogP contribution in [0, 0.1) is 23.1 Å². The van der Waals surface area contributed by atoms with E-state index in [4.69, 9.17) is 0 Å². The standard InChI is InChI=1S/C22H29FN2O2/c23-18-1-3-19(4-2-18)24-5-7-25(8-6-24)20(26)14-21-10-16-9-17(11-21)13-22(27,12-16)15-21/h1-4,16-17,27H,5-15H2/t16-,17+,21?,22?. The number of hydrogen-bond acceptors (Lipinski definition) is 3. The van der Waals surface area contributed by atoms with E-state index in [0.29, 0.717) is 18.3 Å². The highest BCUT2D eigenvalue weighted by Crippen LogP contribution is 2.62. The van der Waals surface area contributed by atoms with Gasteiger partial charge in [-0.25, -0.2) is 4.39 Å². The molecule has 1 heterocycles. The number of nitrogens with zero attached hydrogens (tertiary/aromatic N) is 2. The van der Waals surface area contributed by atoms with Gasteiger partial charge in [0.1, 0.15) is 5.82 Å². The Kier molecular flexibility index (Phi) is 4.01. The average Bonchev–Trinajstić information content (AvgIpc) is 2.60. The zero-order valence-corrected chi connectivity index (χ0v) is 15.9. The predicted octanol–water partition coefficient (Wildman–Crippen LogP) is 3.20. The summed E-state index contributed by atoms with van der Waals surface area (Å²) in [4.78, 5) is 17.3. The molecule has 1 N–H and O–H groups in total. The first-order chi connectivity index (χ1) is 12.9. The van der Waals surface area contributed by atoms with Gasteiger partial charge < -0.3 is 14.9 Å². The van der Waals surface area contributed by atoms with E-state index in [9.17, 15) is 14.3 Å². The molecular formula is C22H29FN2O2. The largest absolute Gasteiger partial charge is 0.390 e. The Morgan fingerprint density at radius 3 is 2.26 bits per heavy atom. The maximum Gasteiger partial charge on any atom is 0.223 e. The molecule has 6 rings (SSSR count). The van der Waals surface area contributed by atoms with Gasteiger partial charge in [0.05, 0.1) is 5.60 Å². The van der Waals surface area contributed by atoms with E-state index in [1.807, 2.05) is 17.0 Å². The molecule has 5 heteroatoms. The highest BCUT2D eigenvalue weighted by molar-refractivity contribution is 5.77. The number of carbonyl (C=O) groups is 1. The first-order valence-electron chi connectivity index (χ1n) is 10.4. The van der Waals surface area contributed by atoms with E-state index >= 15 is 0 Å². The quantitative estimate of drug-likeness (QED) is 0.886. The molecule has 1 aromatic carbocycles. The van der Waals surface area contributed by atoms with Gasteiger partial charge in [0, 0.05) is 38.3 Å². The van der Waals surface area contributed by atoms with Gasteiger partial charge in [-0.3, -0.25) is 4.79 Å². The molecule has 0 aromatic heterocycles. The summed E-state index contributed by atoms with van der Waals surface area (Å²) in [5.74, 6) is 1.29. The molecule has 0 radical (unpaired) electrons. The molecule has 4 atom stereocenters. The second-order valence-electron chi connectivity index (χ2n) is 9.71. The molecule has 5 fully saturated rings. The fourth-order valence-electron chi connectivity index (χ4n) is 6.91. The summed E-state index contributed by atoms with van der Waals surface area (Å²) < 4.78 is 13.1. The molecule has 1 saturated heterocycles. The summed E-state index contributed by atoms with van der Waals surface area (Å²) in [6.07, 6.45) is 6.87. The van der Waals surface area contributed by atoms with Crippen molar-refractivity contribution < 1.29 is 14.3 Å². The number of carbonyl (C=O) groups excluding carboxylic acids is 1. The Bertz CT molecular complexity index is 712. The molecule has 1 aromatic rings. The fourth-order valence-corrected chi connectivity index (χ4v) is 6.91. The molecule has 2 unspecified atom stereocenters. The van der Waals surface area contributed by atoms with Crippen molar-refractivity contribution in [1.29, 1.82) is 0 Å². The lowest BCUT2D eigenvalue weighted by Gasteiger charge is -2.60. The smallest absolute Gasteiger partial charge is 0.223 e.